The molecule has 94 valence electrons. The van der Waals surface area contributed by atoms with Crippen molar-refractivity contribution in [3.05, 3.63) is 47.2 Å². The topological polar surface area (TPSA) is 47.3 Å². The summed E-state index contributed by atoms with van der Waals surface area (Å²) in [6.07, 6.45) is 0. The van der Waals surface area contributed by atoms with Crippen LogP contribution in [-0.2, 0) is 0 Å². The molecular formula is C13H12ClFN2O. The molecule has 0 aliphatic heterocycles. The smallest absolute Gasteiger partial charge is 0.124 e. The van der Waals surface area contributed by atoms with Crippen molar-refractivity contribution < 1.29 is 9.13 Å². The van der Waals surface area contributed by atoms with Gasteiger partial charge in [0.15, 0.2) is 0 Å². The van der Waals surface area contributed by atoms with Crippen molar-refractivity contribution in [1.82, 2.24) is 0 Å². The molecule has 0 radical (unpaired) electrons. The van der Waals surface area contributed by atoms with Crippen LogP contribution in [-0.4, -0.2) is 7.11 Å². The molecule has 0 unspecified atom stereocenters. The van der Waals surface area contributed by atoms with Crippen LogP contribution in [0.3, 0.4) is 0 Å². The Kier molecular flexibility index (Phi) is 3.58. The van der Waals surface area contributed by atoms with Crippen LogP contribution in [0.2, 0.25) is 5.02 Å². The molecule has 3 nitrogen and oxygen atoms in total. The second-order valence-corrected chi connectivity index (χ2v) is 4.11. The van der Waals surface area contributed by atoms with Gasteiger partial charge in [-0.25, -0.2) is 4.39 Å². The molecule has 0 bridgehead atoms. The number of nitrogens with two attached hydrogens (primary N) is 1. The van der Waals surface area contributed by atoms with E-state index in [0.29, 0.717) is 27.8 Å². The SMILES string of the molecule is COc1ccc(Nc2ccc(F)cc2Cl)c(N)c1. The summed E-state index contributed by atoms with van der Waals surface area (Å²) < 4.78 is 18.0. The number of halogens is 2. The fourth-order valence-corrected chi connectivity index (χ4v) is 1.73. The highest BCUT2D eigenvalue weighted by molar-refractivity contribution is 6.33. The molecule has 0 atom stereocenters. The van der Waals surface area contributed by atoms with E-state index in [0.717, 1.165) is 0 Å². The van der Waals surface area contributed by atoms with Crippen LogP contribution in [0.1, 0.15) is 0 Å². The first-order valence-electron chi connectivity index (χ1n) is 5.26. The molecule has 5 heteroatoms. The van der Waals surface area contributed by atoms with Crippen LogP contribution in [0, 0.1) is 5.82 Å². The van der Waals surface area contributed by atoms with Crippen molar-refractivity contribution in [2.45, 2.75) is 0 Å². The highest BCUT2D eigenvalue weighted by Crippen LogP contribution is 2.30. The second-order valence-electron chi connectivity index (χ2n) is 3.70. The highest BCUT2D eigenvalue weighted by Gasteiger charge is 2.05. The van der Waals surface area contributed by atoms with E-state index in [4.69, 9.17) is 22.1 Å². The Balaban J connectivity index is 2.28. The maximum Gasteiger partial charge on any atom is 0.124 e. The lowest BCUT2D eigenvalue weighted by molar-refractivity contribution is 0.415. The minimum absolute atomic E-state index is 0.296. The number of benzene rings is 2. The first-order valence-corrected chi connectivity index (χ1v) is 5.63. The summed E-state index contributed by atoms with van der Waals surface area (Å²) >= 11 is 5.92. The number of nitrogen functional groups attached to an aromatic ring is 1. The van der Waals surface area contributed by atoms with Crippen LogP contribution in [0.25, 0.3) is 0 Å². The van der Waals surface area contributed by atoms with Gasteiger partial charge in [-0.3, -0.25) is 0 Å². The van der Waals surface area contributed by atoms with Crippen LogP contribution in [0.4, 0.5) is 21.5 Å². The van der Waals surface area contributed by atoms with Crippen LogP contribution < -0.4 is 15.8 Å². The molecule has 0 saturated carbocycles. The van der Waals surface area contributed by atoms with E-state index in [1.165, 1.54) is 12.1 Å². The number of anilines is 3. The van der Waals surface area contributed by atoms with Gasteiger partial charge in [0.25, 0.3) is 0 Å². The van der Waals surface area contributed by atoms with Gasteiger partial charge in [0, 0.05) is 6.07 Å². The predicted molar refractivity (Wildman–Crippen MR) is 72.1 cm³/mol. The van der Waals surface area contributed by atoms with E-state index in [1.807, 2.05) is 0 Å². The molecule has 2 aromatic carbocycles. The Labute approximate surface area is 109 Å². The first kappa shape index (κ1) is 12.5. The number of hydrogen-bond acceptors (Lipinski definition) is 3. The third kappa shape index (κ3) is 2.65. The molecular weight excluding hydrogens is 255 g/mol. The Bertz CT molecular complexity index is 575. The molecule has 0 aliphatic rings. The van der Waals surface area contributed by atoms with Crippen molar-refractivity contribution in [2.24, 2.45) is 0 Å². The summed E-state index contributed by atoms with van der Waals surface area (Å²) in [6, 6.07) is 9.36. The number of methoxy groups -OCH3 is 1. The first-order chi connectivity index (χ1) is 8.60. The fourth-order valence-electron chi connectivity index (χ4n) is 1.52. The van der Waals surface area contributed by atoms with Crippen molar-refractivity contribution >= 4 is 28.7 Å². The summed E-state index contributed by atoms with van der Waals surface area (Å²) in [7, 11) is 1.57. The Morgan fingerprint density at radius 3 is 2.50 bits per heavy atom. The summed E-state index contributed by atoms with van der Waals surface area (Å²) in [5, 5.41) is 3.34. The molecule has 0 saturated heterocycles. The maximum absolute atomic E-state index is 12.9. The van der Waals surface area contributed by atoms with Crippen LogP contribution in [0.5, 0.6) is 5.75 Å². The van der Waals surface area contributed by atoms with E-state index >= 15 is 0 Å². The normalized spacial score (nSPS) is 10.2. The van der Waals surface area contributed by atoms with Gasteiger partial charge >= 0.3 is 0 Å². The van der Waals surface area contributed by atoms with Gasteiger partial charge < -0.3 is 15.8 Å². The third-order valence-corrected chi connectivity index (χ3v) is 2.77. The number of ether oxygens (including phenoxy) is 1. The van der Waals surface area contributed by atoms with E-state index < -0.39 is 0 Å². The van der Waals surface area contributed by atoms with Crippen molar-refractivity contribution in [1.29, 1.82) is 0 Å². The van der Waals surface area contributed by atoms with Crippen molar-refractivity contribution in [2.75, 3.05) is 18.2 Å². The molecule has 3 N–H and O–H groups in total. The minimum Gasteiger partial charge on any atom is -0.497 e. The van der Waals surface area contributed by atoms with Gasteiger partial charge in [-0.05, 0) is 30.3 Å². The summed E-state index contributed by atoms with van der Waals surface area (Å²) in [6.45, 7) is 0. The number of rotatable bonds is 3. The van der Waals surface area contributed by atoms with Crippen molar-refractivity contribution in [3.63, 3.8) is 0 Å². The molecule has 18 heavy (non-hydrogen) atoms. The predicted octanol–water partition coefficient (Wildman–Crippen LogP) is 3.81. The summed E-state index contributed by atoms with van der Waals surface area (Å²) in [5.41, 5.74) is 7.67. The Morgan fingerprint density at radius 2 is 1.89 bits per heavy atom. The second kappa shape index (κ2) is 5.14. The van der Waals surface area contributed by atoms with E-state index in [1.54, 1.807) is 31.4 Å². The lowest BCUT2D eigenvalue weighted by atomic mass is 10.2. The fraction of sp³-hybridized carbons (Fsp3) is 0.0769. The standard InChI is InChI=1S/C13H12ClFN2O/c1-18-9-3-5-13(11(16)7-9)17-12-4-2-8(15)6-10(12)14/h2-7,17H,16H2,1H3. The van der Waals surface area contributed by atoms with Gasteiger partial charge in [0.1, 0.15) is 11.6 Å². The quantitative estimate of drug-likeness (QED) is 0.831. The third-order valence-electron chi connectivity index (χ3n) is 2.46. The Morgan fingerprint density at radius 1 is 1.17 bits per heavy atom. The summed E-state index contributed by atoms with van der Waals surface area (Å²) in [5.74, 6) is 0.288. The highest BCUT2D eigenvalue weighted by atomic mass is 35.5. The van der Waals surface area contributed by atoms with Gasteiger partial charge in [-0.1, -0.05) is 11.6 Å². The average molecular weight is 267 g/mol. The van der Waals surface area contributed by atoms with Gasteiger partial charge in [-0.15, -0.1) is 0 Å². The molecule has 0 aliphatic carbocycles. The molecule has 0 spiro atoms. The summed E-state index contributed by atoms with van der Waals surface area (Å²) in [4.78, 5) is 0. The van der Waals surface area contributed by atoms with Crippen molar-refractivity contribution in [3.8, 4) is 5.75 Å². The van der Waals surface area contributed by atoms with Gasteiger partial charge in [-0.2, -0.15) is 0 Å². The molecule has 0 aromatic heterocycles. The molecule has 0 amide bonds. The maximum atomic E-state index is 12.9. The van der Waals surface area contributed by atoms with E-state index in [9.17, 15) is 4.39 Å². The number of nitrogens with one attached hydrogen (secondary N) is 1. The average Bonchev–Trinajstić information content (AvgIpc) is 2.34. The molecule has 0 heterocycles. The largest absolute Gasteiger partial charge is 0.497 e. The van der Waals surface area contributed by atoms with Gasteiger partial charge in [0.05, 0.1) is 29.2 Å². The lowest BCUT2D eigenvalue weighted by Crippen LogP contribution is -1.97. The monoisotopic (exact) mass is 266 g/mol. The van der Waals surface area contributed by atoms with Crippen LogP contribution >= 0.6 is 11.6 Å². The van der Waals surface area contributed by atoms with E-state index in [-0.39, 0.29) is 5.82 Å². The number of hydrogen-bond donors (Lipinski definition) is 2. The molecule has 2 rings (SSSR count). The Hall–Kier alpha value is -1.94. The van der Waals surface area contributed by atoms with Gasteiger partial charge in [0.2, 0.25) is 0 Å². The zero-order valence-corrected chi connectivity index (χ0v) is 10.5. The zero-order valence-electron chi connectivity index (χ0n) is 9.71. The molecule has 0 fully saturated rings. The molecule has 2 aromatic rings. The van der Waals surface area contributed by atoms with Crippen LogP contribution in [0.15, 0.2) is 36.4 Å². The lowest BCUT2D eigenvalue weighted by Gasteiger charge is -2.11. The zero-order chi connectivity index (χ0) is 13.1. The van der Waals surface area contributed by atoms with E-state index in [2.05, 4.69) is 5.32 Å². The minimum atomic E-state index is -0.381.